The average Bonchev–Trinajstić information content (AvgIpc) is 2.74. The maximum Gasteiger partial charge on any atom is 0.243 e. The Bertz CT molecular complexity index is 981. The predicted molar refractivity (Wildman–Crippen MR) is 98.6 cm³/mol. The summed E-state index contributed by atoms with van der Waals surface area (Å²) in [6, 6.07) is 13.4. The van der Waals surface area contributed by atoms with Gasteiger partial charge in [-0.15, -0.1) is 0 Å². The van der Waals surface area contributed by atoms with Crippen molar-refractivity contribution in [3.63, 3.8) is 0 Å². The van der Waals surface area contributed by atoms with Crippen LogP contribution < -0.4 is 14.6 Å². The summed E-state index contributed by atoms with van der Waals surface area (Å²) in [5.74, 6) is -0.253. The van der Waals surface area contributed by atoms with Crippen LogP contribution >= 0.6 is 0 Å². The molecule has 0 atom stereocenters. The first kappa shape index (κ1) is 18.8. The van der Waals surface area contributed by atoms with Gasteiger partial charge in [0, 0.05) is 24.6 Å². The Morgan fingerprint density at radius 3 is 2.25 bits per heavy atom. The number of benzene rings is 2. The third-order valence-electron chi connectivity index (χ3n) is 5.44. The monoisotopic (exact) mass is 402 g/mol. The molecule has 2 aliphatic heterocycles. The zero-order valence-electron chi connectivity index (χ0n) is 15.2. The molecule has 0 radical (unpaired) electrons. The van der Waals surface area contributed by atoms with Crippen molar-refractivity contribution in [2.24, 2.45) is 0 Å². The number of carbonyl (C=O) groups excluding carboxylic acids is 1. The van der Waals surface area contributed by atoms with Crippen LogP contribution in [0.4, 0.5) is 0 Å². The smallest absolute Gasteiger partial charge is 0.243 e. The van der Waals surface area contributed by atoms with Gasteiger partial charge in [-0.25, -0.2) is 8.42 Å². The number of rotatable bonds is 4. The highest BCUT2D eigenvalue weighted by Crippen LogP contribution is 2.38. The maximum atomic E-state index is 13.1. The summed E-state index contributed by atoms with van der Waals surface area (Å²) in [5, 5.41) is 12.0. The number of aliphatic carboxylic acids is 1. The van der Waals surface area contributed by atoms with E-state index in [4.69, 9.17) is 9.47 Å². The molecular formula is C20H20NO6S-. The van der Waals surface area contributed by atoms with Gasteiger partial charge >= 0.3 is 0 Å². The summed E-state index contributed by atoms with van der Waals surface area (Å²) in [5.41, 5.74) is -0.536. The molecule has 148 valence electrons. The van der Waals surface area contributed by atoms with Crippen LogP contribution in [0.15, 0.2) is 53.4 Å². The zero-order chi connectivity index (χ0) is 19.8. The van der Waals surface area contributed by atoms with Gasteiger partial charge in [0.1, 0.15) is 13.2 Å². The van der Waals surface area contributed by atoms with E-state index in [1.165, 1.54) is 16.4 Å². The zero-order valence-corrected chi connectivity index (χ0v) is 16.0. The molecule has 1 saturated heterocycles. The summed E-state index contributed by atoms with van der Waals surface area (Å²) in [4.78, 5) is 12.1. The minimum Gasteiger partial charge on any atom is -0.549 e. The van der Waals surface area contributed by atoms with Gasteiger partial charge in [-0.3, -0.25) is 0 Å². The Hall–Kier alpha value is -2.58. The van der Waals surface area contributed by atoms with Crippen LogP contribution in [0, 0.1) is 0 Å². The summed E-state index contributed by atoms with van der Waals surface area (Å²) in [7, 11) is -3.77. The molecule has 1 fully saturated rings. The van der Waals surface area contributed by atoms with E-state index in [0.29, 0.717) is 30.3 Å². The molecule has 2 aromatic rings. The second-order valence-electron chi connectivity index (χ2n) is 6.95. The van der Waals surface area contributed by atoms with Gasteiger partial charge in [-0.2, -0.15) is 4.31 Å². The molecule has 2 aromatic carbocycles. The Labute approximate surface area is 163 Å². The van der Waals surface area contributed by atoms with Crippen LogP contribution in [0.1, 0.15) is 18.4 Å². The number of carboxylic acid groups (broad SMARTS) is 1. The quantitative estimate of drug-likeness (QED) is 0.755. The number of carboxylic acids is 1. The van der Waals surface area contributed by atoms with E-state index in [1.807, 2.05) is 6.07 Å². The maximum absolute atomic E-state index is 13.1. The molecule has 0 N–H and O–H groups in total. The van der Waals surface area contributed by atoms with Crippen LogP contribution in [0.3, 0.4) is 0 Å². The number of ether oxygens (including phenoxy) is 2. The molecule has 0 bridgehead atoms. The molecule has 0 amide bonds. The second kappa shape index (κ2) is 7.10. The molecular weight excluding hydrogens is 382 g/mol. The van der Waals surface area contributed by atoms with Crippen molar-refractivity contribution in [1.82, 2.24) is 4.31 Å². The highest BCUT2D eigenvalue weighted by Gasteiger charge is 2.41. The van der Waals surface area contributed by atoms with Gasteiger partial charge < -0.3 is 19.4 Å². The van der Waals surface area contributed by atoms with Gasteiger partial charge in [0.25, 0.3) is 0 Å². The molecule has 0 unspecified atom stereocenters. The Balaban J connectivity index is 1.58. The van der Waals surface area contributed by atoms with Gasteiger partial charge in [-0.1, -0.05) is 30.3 Å². The minimum atomic E-state index is -3.77. The molecule has 2 aliphatic rings. The van der Waals surface area contributed by atoms with Gasteiger partial charge in [0.05, 0.1) is 10.9 Å². The van der Waals surface area contributed by atoms with E-state index in [2.05, 4.69) is 0 Å². The molecule has 0 saturated carbocycles. The van der Waals surface area contributed by atoms with E-state index >= 15 is 0 Å². The van der Waals surface area contributed by atoms with Crippen molar-refractivity contribution in [3.05, 3.63) is 54.1 Å². The lowest BCUT2D eigenvalue weighted by molar-refractivity contribution is -0.315. The molecule has 7 nitrogen and oxygen atoms in total. The summed E-state index contributed by atoms with van der Waals surface area (Å²) in [6.45, 7) is 0.987. The third-order valence-corrected chi connectivity index (χ3v) is 7.34. The molecule has 2 heterocycles. The number of hydrogen-bond donors (Lipinski definition) is 0. The normalized spacial score (nSPS) is 19.1. The summed E-state index contributed by atoms with van der Waals surface area (Å²) >= 11 is 0. The molecule has 0 aromatic heterocycles. The second-order valence-corrected chi connectivity index (χ2v) is 8.88. The fourth-order valence-corrected chi connectivity index (χ4v) is 5.27. The van der Waals surface area contributed by atoms with Crippen LogP contribution in [0.25, 0.3) is 0 Å². The fraction of sp³-hybridized carbons (Fsp3) is 0.350. The summed E-state index contributed by atoms with van der Waals surface area (Å²) < 4.78 is 38.3. The third kappa shape index (κ3) is 3.12. The lowest BCUT2D eigenvalue weighted by atomic mass is 9.73. The topological polar surface area (TPSA) is 96.0 Å². The number of fused-ring (bicyclic) bond motifs is 1. The number of carbonyl (C=O) groups is 1. The first-order chi connectivity index (χ1) is 13.4. The van der Waals surface area contributed by atoms with Crippen molar-refractivity contribution >= 4 is 16.0 Å². The van der Waals surface area contributed by atoms with Crippen LogP contribution in [0.5, 0.6) is 11.5 Å². The average molecular weight is 402 g/mol. The van der Waals surface area contributed by atoms with Crippen LogP contribution in [-0.4, -0.2) is 45.0 Å². The van der Waals surface area contributed by atoms with E-state index in [1.54, 1.807) is 30.3 Å². The Morgan fingerprint density at radius 2 is 1.61 bits per heavy atom. The largest absolute Gasteiger partial charge is 0.549 e. The summed E-state index contributed by atoms with van der Waals surface area (Å²) in [6.07, 6.45) is 0.312. The molecule has 28 heavy (non-hydrogen) atoms. The van der Waals surface area contributed by atoms with Crippen molar-refractivity contribution in [2.45, 2.75) is 23.2 Å². The highest BCUT2D eigenvalue weighted by molar-refractivity contribution is 7.89. The standard InChI is InChI=1S/C20H21NO6S/c22-19(23)20(15-4-2-1-3-5-15)8-10-21(11-9-20)28(24,25)16-6-7-17-18(14-16)27-13-12-26-17/h1-7,14H,8-13H2,(H,22,23)/p-1. The van der Waals surface area contributed by atoms with Gasteiger partial charge in [-0.05, 0) is 30.5 Å². The van der Waals surface area contributed by atoms with Crippen LogP contribution in [-0.2, 0) is 20.2 Å². The van der Waals surface area contributed by atoms with Crippen molar-refractivity contribution in [2.75, 3.05) is 26.3 Å². The van der Waals surface area contributed by atoms with Crippen molar-refractivity contribution in [3.8, 4) is 11.5 Å². The van der Waals surface area contributed by atoms with E-state index in [-0.39, 0.29) is 30.8 Å². The Morgan fingerprint density at radius 1 is 0.964 bits per heavy atom. The highest BCUT2D eigenvalue weighted by atomic mass is 32.2. The van der Waals surface area contributed by atoms with Gasteiger partial charge in [0.2, 0.25) is 10.0 Å². The fourth-order valence-electron chi connectivity index (χ4n) is 3.81. The number of sulfonamides is 1. The Kier molecular flexibility index (Phi) is 4.76. The van der Waals surface area contributed by atoms with Crippen molar-refractivity contribution in [1.29, 1.82) is 0 Å². The van der Waals surface area contributed by atoms with Gasteiger partial charge in [0.15, 0.2) is 11.5 Å². The lowest BCUT2D eigenvalue weighted by Crippen LogP contribution is -2.53. The predicted octanol–water partition coefficient (Wildman–Crippen LogP) is 0.930. The van der Waals surface area contributed by atoms with E-state index in [9.17, 15) is 18.3 Å². The number of piperidine rings is 1. The minimum absolute atomic E-state index is 0.0969. The molecule has 0 spiro atoms. The lowest BCUT2D eigenvalue weighted by Gasteiger charge is -2.42. The van der Waals surface area contributed by atoms with Crippen molar-refractivity contribution < 1.29 is 27.8 Å². The van der Waals surface area contributed by atoms with E-state index in [0.717, 1.165) is 0 Å². The first-order valence-corrected chi connectivity index (χ1v) is 10.5. The SMILES string of the molecule is O=C([O-])C1(c2ccccc2)CCN(S(=O)(=O)c2ccc3c(c2)OCCO3)CC1. The van der Waals surface area contributed by atoms with Crippen LogP contribution in [0.2, 0.25) is 0 Å². The first-order valence-electron chi connectivity index (χ1n) is 9.10. The molecule has 0 aliphatic carbocycles. The van der Waals surface area contributed by atoms with E-state index < -0.39 is 21.4 Å². The number of hydrogen-bond acceptors (Lipinski definition) is 6. The molecule has 8 heteroatoms. The number of nitrogens with zero attached hydrogens (tertiary/aromatic N) is 1. The molecule has 4 rings (SSSR count).